The number of hydrogen-bond donors (Lipinski definition) is 1. The van der Waals surface area contributed by atoms with E-state index < -0.39 is 0 Å². The molecule has 0 spiro atoms. The van der Waals surface area contributed by atoms with Crippen LogP contribution in [0.25, 0.3) is 0 Å². The maximum Gasteiger partial charge on any atom is 0.255 e. The van der Waals surface area contributed by atoms with Crippen molar-refractivity contribution in [1.29, 1.82) is 0 Å². The van der Waals surface area contributed by atoms with Crippen LogP contribution in [0, 0.1) is 5.92 Å². The standard InChI is InChI=1S/C19H28N4O2/c1-14-5-4-8-23(11-14)19-20-17-13-22(9-7-16(17)18(24)21-19)12-15-6-2-3-10-25-15/h3,10,14-15H,2,4-9,11-13H2,1H3,(H,20,21,24)/t14-,15+/m0/s1. The smallest absolute Gasteiger partial charge is 0.255 e. The third kappa shape index (κ3) is 3.73. The number of ether oxygens (including phenoxy) is 1. The predicted octanol–water partition coefficient (Wildman–Crippen LogP) is 2.06. The zero-order valence-electron chi connectivity index (χ0n) is 15.0. The molecule has 4 heterocycles. The quantitative estimate of drug-likeness (QED) is 0.909. The summed E-state index contributed by atoms with van der Waals surface area (Å²) in [6.45, 7) is 6.80. The SMILES string of the molecule is C[C@H]1CCCN(c2nc3c(c(=O)[nH]2)CCN(C[C@H]2CCC=CO2)C3)C1. The van der Waals surface area contributed by atoms with Crippen LogP contribution in [0.5, 0.6) is 0 Å². The number of H-pyrrole nitrogens is 1. The molecule has 25 heavy (non-hydrogen) atoms. The molecule has 1 aromatic rings. The van der Waals surface area contributed by atoms with E-state index in [1.807, 2.05) is 6.26 Å². The molecule has 0 aliphatic carbocycles. The van der Waals surface area contributed by atoms with Crippen LogP contribution in [0.15, 0.2) is 17.1 Å². The maximum atomic E-state index is 12.5. The Morgan fingerprint density at radius 1 is 1.36 bits per heavy atom. The van der Waals surface area contributed by atoms with Crippen LogP contribution in [0.3, 0.4) is 0 Å². The summed E-state index contributed by atoms with van der Waals surface area (Å²) in [6, 6.07) is 0. The molecule has 4 rings (SSSR count). The second kappa shape index (κ2) is 7.20. The van der Waals surface area contributed by atoms with Gasteiger partial charge >= 0.3 is 0 Å². The average molecular weight is 344 g/mol. The normalized spacial score (nSPS) is 27.0. The Morgan fingerprint density at radius 3 is 3.08 bits per heavy atom. The van der Waals surface area contributed by atoms with Gasteiger partial charge in [0.15, 0.2) is 0 Å². The summed E-state index contributed by atoms with van der Waals surface area (Å²) in [4.78, 5) is 25.0. The van der Waals surface area contributed by atoms with Gasteiger partial charge in [-0.3, -0.25) is 14.7 Å². The van der Waals surface area contributed by atoms with Gasteiger partial charge in [0.2, 0.25) is 5.95 Å². The van der Waals surface area contributed by atoms with Crippen molar-refractivity contribution >= 4 is 5.95 Å². The lowest BCUT2D eigenvalue weighted by Gasteiger charge is -2.34. The van der Waals surface area contributed by atoms with Gasteiger partial charge < -0.3 is 9.64 Å². The lowest BCUT2D eigenvalue weighted by molar-refractivity contribution is 0.0731. The Labute approximate surface area is 148 Å². The summed E-state index contributed by atoms with van der Waals surface area (Å²) in [5.74, 6) is 1.41. The number of allylic oxidation sites excluding steroid dienone is 1. The molecule has 136 valence electrons. The van der Waals surface area contributed by atoms with Crippen LogP contribution in [0.4, 0.5) is 5.95 Å². The lowest BCUT2D eigenvalue weighted by atomic mass is 10.0. The van der Waals surface area contributed by atoms with Gasteiger partial charge in [-0.25, -0.2) is 4.98 Å². The first-order valence-electron chi connectivity index (χ1n) is 9.59. The number of anilines is 1. The van der Waals surface area contributed by atoms with E-state index in [0.29, 0.717) is 5.92 Å². The van der Waals surface area contributed by atoms with Crippen LogP contribution >= 0.6 is 0 Å². The minimum atomic E-state index is 0.0507. The van der Waals surface area contributed by atoms with Crippen molar-refractivity contribution in [2.75, 3.05) is 31.1 Å². The Hall–Kier alpha value is -1.82. The summed E-state index contributed by atoms with van der Waals surface area (Å²) in [6.07, 6.45) is 9.52. The van der Waals surface area contributed by atoms with Gasteiger partial charge in [0, 0.05) is 38.3 Å². The first-order chi connectivity index (χ1) is 12.2. The van der Waals surface area contributed by atoms with E-state index in [1.165, 1.54) is 12.8 Å². The Balaban J connectivity index is 1.50. The summed E-state index contributed by atoms with van der Waals surface area (Å²) in [7, 11) is 0. The summed E-state index contributed by atoms with van der Waals surface area (Å²) in [5, 5.41) is 0. The number of aromatic amines is 1. The molecular formula is C19H28N4O2. The van der Waals surface area contributed by atoms with E-state index in [1.54, 1.807) is 0 Å². The number of nitrogens with one attached hydrogen (secondary N) is 1. The molecular weight excluding hydrogens is 316 g/mol. The van der Waals surface area contributed by atoms with Crippen LogP contribution in [-0.4, -0.2) is 47.2 Å². The molecule has 2 atom stereocenters. The Morgan fingerprint density at radius 2 is 2.28 bits per heavy atom. The minimum Gasteiger partial charge on any atom is -0.497 e. The largest absolute Gasteiger partial charge is 0.497 e. The van der Waals surface area contributed by atoms with Gasteiger partial charge in [0.25, 0.3) is 5.56 Å². The van der Waals surface area contributed by atoms with Crippen LogP contribution in [0.2, 0.25) is 0 Å². The summed E-state index contributed by atoms with van der Waals surface area (Å²) >= 11 is 0. The second-order valence-corrected chi connectivity index (χ2v) is 7.70. The molecule has 1 saturated heterocycles. The van der Waals surface area contributed by atoms with Crippen molar-refractivity contribution in [1.82, 2.24) is 14.9 Å². The van der Waals surface area contributed by atoms with Crippen LogP contribution < -0.4 is 10.5 Å². The van der Waals surface area contributed by atoms with Crippen molar-refractivity contribution in [3.8, 4) is 0 Å². The highest BCUT2D eigenvalue weighted by Crippen LogP contribution is 2.22. The molecule has 1 fully saturated rings. The van der Waals surface area contributed by atoms with Crippen molar-refractivity contribution in [2.45, 2.75) is 51.7 Å². The maximum absolute atomic E-state index is 12.5. The van der Waals surface area contributed by atoms with Crippen LogP contribution in [-0.2, 0) is 17.7 Å². The first kappa shape index (κ1) is 16.6. The van der Waals surface area contributed by atoms with E-state index in [9.17, 15) is 4.79 Å². The topological polar surface area (TPSA) is 61.5 Å². The van der Waals surface area contributed by atoms with Crippen molar-refractivity contribution in [3.63, 3.8) is 0 Å². The van der Waals surface area contributed by atoms with Gasteiger partial charge in [-0.1, -0.05) is 6.92 Å². The summed E-state index contributed by atoms with van der Waals surface area (Å²) in [5.41, 5.74) is 1.87. The molecule has 0 aromatic carbocycles. The average Bonchev–Trinajstić information content (AvgIpc) is 2.62. The molecule has 3 aliphatic rings. The molecule has 0 unspecified atom stereocenters. The molecule has 1 aromatic heterocycles. The zero-order chi connectivity index (χ0) is 17.2. The Bertz CT molecular complexity index is 699. The van der Waals surface area contributed by atoms with Gasteiger partial charge in [-0.15, -0.1) is 0 Å². The number of aromatic nitrogens is 2. The molecule has 0 radical (unpaired) electrons. The fraction of sp³-hybridized carbons (Fsp3) is 0.684. The van der Waals surface area contributed by atoms with Crippen molar-refractivity contribution in [2.24, 2.45) is 5.92 Å². The highest BCUT2D eigenvalue weighted by molar-refractivity contribution is 5.35. The Kier molecular flexibility index (Phi) is 4.79. The molecule has 0 amide bonds. The van der Waals surface area contributed by atoms with E-state index in [4.69, 9.17) is 9.72 Å². The molecule has 6 heteroatoms. The number of hydrogen-bond acceptors (Lipinski definition) is 5. The van der Waals surface area contributed by atoms with Gasteiger partial charge in [-0.05, 0) is 44.1 Å². The third-order valence-corrected chi connectivity index (χ3v) is 5.58. The third-order valence-electron chi connectivity index (χ3n) is 5.58. The molecule has 1 N–H and O–H groups in total. The second-order valence-electron chi connectivity index (χ2n) is 7.70. The molecule has 6 nitrogen and oxygen atoms in total. The molecule has 0 saturated carbocycles. The lowest BCUT2D eigenvalue weighted by Crippen LogP contribution is -2.42. The predicted molar refractivity (Wildman–Crippen MR) is 97.7 cm³/mol. The van der Waals surface area contributed by atoms with Gasteiger partial charge in [0.1, 0.15) is 6.10 Å². The molecule has 3 aliphatic heterocycles. The highest BCUT2D eigenvalue weighted by atomic mass is 16.5. The first-order valence-corrected chi connectivity index (χ1v) is 9.59. The fourth-order valence-corrected chi connectivity index (χ4v) is 4.18. The van der Waals surface area contributed by atoms with Crippen molar-refractivity contribution < 1.29 is 4.74 Å². The van der Waals surface area contributed by atoms with Gasteiger partial charge in [0.05, 0.1) is 12.0 Å². The number of nitrogens with zero attached hydrogens (tertiary/aromatic N) is 3. The van der Waals surface area contributed by atoms with E-state index >= 15 is 0 Å². The van der Waals surface area contributed by atoms with Crippen molar-refractivity contribution in [3.05, 3.63) is 33.9 Å². The van der Waals surface area contributed by atoms with E-state index in [2.05, 4.69) is 27.8 Å². The summed E-state index contributed by atoms with van der Waals surface area (Å²) < 4.78 is 5.70. The number of fused-ring (bicyclic) bond motifs is 1. The minimum absolute atomic E-state index is 0.0507. The fourth-order valence-electron chi connectivity index (χ4n) is 4.18. The molecule has 0 bridgehead atoms. The van der Waals surface area contributed by atoms with Crippen LogP contribution in [0.1, 0.15) is 43.9 Å². The van der Waals surface area contributed by atoms with E-state index in [0.717, 1.165) is 69.2 Å². The van der Waals surface area contributed by atoms with Gasteiger partial charge in [-0.2, -0.15) is 0 Å². The zero-order valence-corrected chi connectivity index (χ0v) is 15.0. The highest BCUT2D eigenvalue weighted by Gasteiger charge is 2.26. The number of rotatable bonds is 3. The number of piperidine rings is 1. The van der Waals surface area contributed by atoms with E-state index in [-0.39, 0.29) is 11.7 Å². The monoisotopic (exact) mass is 344 g/mol.